The van der Waals surface area contributed by atoms with E-state index in [1.807, 2.05) is 0 Å². The SMILES string of the molecule is CC1(NCc2ccc([N+](=O)[O-])c(F)c2)CCS(=O)(=O)C1. The zero-order valence-electron chi connectivity index (χ0n) is 10.9. The van der Waals surface area contributed by atoms with Crippen LogP contribution in [0.3, 0.4) is 0 Å². The summed E-state index contributed by atoms with van der Waals surface area (Å²) in [5.41, 5.74) is -0.557. The maximum absolute atomic E-state index is 13.5. The number of nitro benzene ring substituents is 1. The first-order valence-corrected chi connectivity index (χ1v) is 7.91. The quantitative estimate of drug-likeness (QED) is 0.671. The van der Waals surface area contributed by atoms with E-state index >= 15 is 0 Å². The molecule has 0 bridgehead atoms. The van der Waals surface area contributed by atoms with Gasteiger partial charge < -0.3 is 5.32 Å². The molecule has 1 N–H and O–H groups in total. The summed E-state index contributed by atoms with van der Waals surface area (Å²) in [6.07, 6.45) is 0.505. The molecule has 1 aromatic carbocycles. The van der Waals surface area contributed by atoms with Crippen molar-refractivity contribution in [1.82, 2.24) is 5.32 Å². The van der Waals surface area contributed by atoms with Crippen LogP contribution in [-0.4, -0.2) is 30.4 Å². The fraction of sp³-hybridized carbons (Fsp3) is 0.500. The van der Waals surface area contributed by atoms with E-state index in [1.165, 1.54) is 6.07 Å². The summed E-state index contributed by atoms with van der Waals surface area (Å²) in [5.74, 6) is -0.695. The molecule has 110 valence electrons. The van der Waals surface area contributed by atoms with Gasteiger partial charge in [0.25, 0.3) is 0 Å². The highest BCUT2D eigenvalue weighted by Gasteiger charge is 2.37. The topological polar surface area (TPSA) is 89.3 Å². The van der Waals surface area contributed by atoms with Crippen molar-refractivity contribution in [1.29, 1.82) is 0 Å². The van der Waals surface area contributed by atoms with E-state index in [1.54, 1.807) is 6.92 Å². The van der Waals surface area contributed by atoms with E-state index in [9.17, 15) is 22.9 Å². The van der Waals surface area contributed by atoms with Crippen molar-refractivity contribution in [3.05, 3.63) is 39.7 Å². The van der Waals surface area contributed by atoms with Crippen molar-refractivity contribution in [3.63, 3.8) is 0 Å². The van der Waals surface area contributed by atoms with Crippen LogP contribution in [0.1, 0.15) is 18.9 Å². The van der Waals surface area contributed by atoms with Gasteiger partial charge in [-0.3, -0.25) is 10.1 Å². The van der Waals surface area contributed by atoms with Crippen molar-refractivity contribution in [3.8, 4) is 0 Å². The normalized spacial score (nSPS) is 24.7. The van der Waals surface area contributed by atoms with Crippen LogP contribution in [0.15, 0.2) is 18.2 Å². The van der Waals surface area contributed by atoms with Crippen LogP contribution >= 0.6 is 0 Å². The molecule has 1 heterocycles. The van der Waals surface area contributed by atoms with E-state index in [4.69, 9.17) is 0 Å². The molecule has 0 amide bonds. The smallest absolute Gasteiger partial charge is 0.304 e. The Kier molecular flexibility index (Phi) is 3.79. The lowest BCUT2D eigenvalue weighted by molar-refractivity contribution is -0.387. The number of halogens is 1. The van der Waals surface area contributed by atoms with E-state index in [-0.39, 0.29) is 18.1 Å². The van der Waals surface area contributed by atoms with Crippen LogP contribution < -0.4 is 5.32 Å². The van der Waals surface area contributed by atoms with Gasteiger partial charge in [-0.15, -0.1) is 0 Å². The highest BCUT2D eigenvalue weighted by atomic mass is 32.2. The van der Waals surface area contributed by atoms with Crippen molar-refractivity contribution < 1.29 is 17.7 Å². The Labute approximate surface area is 116 Å². The third-order valence-corrected chi connectivity index (χ3v) is 5.33. The largest absolute Gasteiger partial charge is 0.306 e. The minimum atomic E-state index is -3.01. The summed E-state index contributed by atoms with van der Waals surface area (Å²) in [6, 6.07) is 3.67. The van der Waals surface area contributed by atoms with Gasteiger partial charge in [0.05, 0.1) is 16.4 Å². The van der Waals surface area contributed by atoms with Gasteiger partial charge >= 0.3 is 5.69 Å². The standard InChI is InChI=1S/C12H15FN2O4S/c1-12(4-5-20(18,19)8-12)14-7-9-2-3-11(15(16)17)10(13)6-9/h2-3,6,14H,4-5,7-8H2,1H3. The first-order chi connectivity index (χ1) is 9.21. The number of nitrogens with zero attached hydrogens (tertiary/aromatic N) is 1. The monoisotopic (exact) mass is 302 g/mol. The second-order valence-electron chi connectivity index (χ2n) is 5.30. The predicted octanol–water partition coefficient (Wildman–Crippen LogP) is 1.40. The maximum Gasteiger partial charge on any atom is 0.304 e. The summed E-state index contributed by atoms with van der Waals surface area (Å²) in [5, 5.41) is 13.6. The molecular weight excluding hydrogens is 287 g/mol. The highest BCUT2D eigenvalue weighted by Crippen LogP contribution is 2.24. The summed E-state index contributed by atoms with van der Waals surface area (Å²) in [7, 11) is -3.01. The first-order valence-electron chi connectivity index (χ1n) is 6.09. The molecule has 1 fully saturated rings. The number of benzene rings is 1. The van der Waals surface area contributed by atoms with Gasteiger partial charge in [0.15, 0.2) is 9.84 Å². The number of hydrogen-bond donors (Lipinski definition) is 1. The van der Waals surface area contributed by atoms with Gasteiger partial charge in [-0.2, -0.15) is 4.39 Å². The number of nitrogens with one attached hydrogen (secondary N) is 1. The Bertz CT molecular complexity index is 647. The third kappa shape index (κ3) is 3.31. The highest BCUT2D eigenvalue weighted by molar-refractivity contribution is 7.91. The van der Waals surface area contributed by atoms with E-state index in [0.29, 0.717) is 12.0 Å². The minimum absolute atomic E-state index is 0.0511. The van der Waals surface area contributed by atoms with Crippen LogP contribution in [-0.2, 0) is 16.4 Å². The number of rotatable bonds is 4. The number of nitro groups is 1. The van der Waals surface area contributed by atoms with Gasteiger partial charge in [0.2, 0.25) is 5.82 Å². The molecule has 2 rings (SSSR count). The predicted molar refractivity (Wildman–Crippen MR) is 71.6 cm³/mol. The fourth-order valence-electron chi connectivity index (χ4n) is 2.27. The Morgan fingerprint density at radius 2 is 2.20 bits per heavy atom. The van der Waals surface area contributed by atoms with Crippen molar-refractivity contribution in [2.75, 3.05) is 11.5 Å². The van der Waals surface area contributed by atoms with Gasteiger partial charge in [0, 0.05) is 18.2 Å². The van der Waals surface area contributed by atoms with Crippen LogP contribution in [0.2, 0.25) is 0 Å². The molecular formula is C12H15FN2O4S. The Morgan fingerprint density at radius 1 is 1.50 bits per heavy atom. The van der Waals surface area contributed by atoms with E-state index in [2.05, 4.69) is 5.32 Å². The first kappa shape index (κ1) is 14.9. The zero-order chi connectivity index (χ0) is 15.0. The zero-order valence-corrected chi connectivity index (χ0v) is 11.7. The van der Waals surface area contributed by atoms with Crippen LogP contribution in [0.25, 0.3) is 0 Å². The Hall–Kier alpha value is -1.54. The second-order valence-corrected chi connectivity index (χ2v) is 7.48. The lowest BCUT2D eigenvalue weighted by atomic mass is 10.0. The molecule has 1 atom stereocenters. The Balaban J connectivity index is 2.05. The molecule has 0 aromatic heterocycles. The minimum Gasteiger partial charge on any atom is -0.306 e. The van der Waals surface area contributed by atoms with Crippen LogP contribution in [0, 0.1) is 15.9 Å². The number of hydrogen-bond acceptors (Lipinski definition) is 5. The number of sulfone groups is 1. The lowest BCUT2D eigenvalue weighted by Crippen LogP contribution is -2.42. The summed E-state index contributed by atoms with van der Waals surface area (Å²) < 4.78 is 36.4. The van der Waals surface area contributed by atoms with E-state index < -0.39 is 31.8 Å². The molecule has 8 heteroatoms. The molecule has 1 aliphatic rings. The lowest BCUT2D eigenvalue weighted by Gasteiger charge is -2.24. The van der Waals surface area contributed by atoms with Gasteiger partial charge in [0.1, 0.15) is 0 Å². The van der Waals surface area contributed by atoms with Gasteiger partial charge in [-0.05, 0) is 25.0 Å². The molecule has 20 heavy (non-hydrogen) atoms. The second kappa shape index (κ2) is 5.10. The average Bonchev–Trinajstić information content (AvgIpc) is 2.61. The molecule has 1 aromatic rings. The molecule has 1 saturated heterocycles. The van der Waals surface area contributed by atoms with Crippen LogP contribution in [0.4, 0.5) is 10.1 Å². The molecule has 6 nitrogen and oxygen atoms in total. The van der Waals surface area contributed by atoms with Gasteiger partial charge in [-0.25, -0.2) is 8.42 Å². The molecule has 0 radical (unpaired) electrons. The molecule has 0 spiro atoms. The van der Waals surface area contributed by atoms with Crippen molar-refractivity contribution >= 4 is 15.5 Å². The summed E-state index contributed by atoms with van der Waals surface area (Å²) in [4.78, 5) is 9.73. The third-order valence-electron chi connectivity index (χ3n) is 3.43. The maximum atomic E-state index is 13.5. The molecule has 0 aliphatic carbocycles. The summed E-state index contributed by atoms with van der Waals surface area (Å²) >= 11 is 0. The molecule has 0 saturated carbocycles. The molecule has 1 aliphatic heterocycles. The van der Waals surface area contributed by atoms with Gasteiger partial charge in [-0.1, -0.05) is 6.07 Å². The van der Waals surface area contributed by atoms with Crippen molar-refractivity contribution in [2.45, 2.75) is 25.4 Å². The Morgan fingerprint density at radius 3 is 2.70 bits per heavy atom. The van der Waals surface area contributed by atoms with Crippen LogP contribution in [0.5, 0.6) is 0 Å². The fourth-order valence-corrected chi connectivity index (χ4v) is 4.40. The summed E-state index contributed by atoms with van der Waals surface area (Å²) in [6.45, 7) is 2.07. The van der Waals surface area contributed by atoms with Crippen molar-refractivity contribution in [2.24, 2.45) is 0 Å². The molecule has 1 unspecified atom stereocenters. The van der Waals surface area contributed by atoms with E-state index in [0.717, 1.165) is 12.1 Å². The average molecular weight is 302 g/mol.